The first-order valence-electron chi connectivity index (χ1n) is 5.85. The molecule has 1 N–H and O–H groups in total. The molecule has 0 spiro atoms. The van der Waals surface area contributed by atoms with Gasteiger partial charge in [-0.2, -0.15) is 0 Å². The molecule has 0 bridgehead atoms. The Bertz CT molecular complexity index is 156. The summed E-state index contributed by atoms with van der Waals surface area (Å²) in [5, 5.41) is 3.38. The lowest BCUT2D eigenvalue weighted by atomic mass is 10.1. The van der Waals surface area contributed by atoms with Crippen molar-refractivity contribution in [3.05, 3.63) is 0 Å². The molecule has 0 radical (unpaired) electrons. The van der Waals surface area contributed by atoms with Crippen LogP contribution in [0, 0.1) is 0 Å². The van der Waals surface area contributed by atoms with Crippen LogP contribution in [0.1, 0.15) is 34.1 Å². The van der Waals surface area contributed by atoms with Gasteiger partial charge in [0.15, 0.2) is 0 Å². The van der Waals surface area contributed by atoms with Crippen LogP contribution in [-0.2, 0) is 4.74 Å². The molecule has 0 saturated carbocycles. The predicted octanol–water partition coefficient (Wildman–Crippen LogP) is 1.73. The lowest BCUT2D eigenvalue weighted by Crippen LogP contribution is -2.42. The highest BCUT2D eigenvalue weighted by atomic mass is 16.5. The van der Waals surface area contributed by atoms with Crippen LogP contribution in [0.2, 0.25) is 0 Å². The summed E-state index contributed by atoms with van der Waals surface area (Å²) in [6.07, 6.45) is 1.09. The highest BCUT2D eigenvalue weighted by Crippen LogP contribution is 2.09. The summed E-state index contributed by atoms with van der Waals surface area (Å²) in [6.45, 7) is 11.4. The average Bonchev–Trinajstić information content (AvgIpc) is 2.10. The molecule has 0 heterocycles. The Balaban J connectivity index is 3.39. The Labute approximate surface area is 95.2 Å². The van der Waals surface area contributed by atoms with Crippen molar-refractivity contribution in [3.8, 4) is 0 Å². The highest BCUT2D eigenvalue weighted by Gasteiger charge is 2.19. The summed E-state index contributed by atoms with van der Waals surface area (Å²) in [6, 6.07) is 0.572. The van der Waals surface area contributed by atoms with E-state index in [1.807, 2.05) is 0 Å². The van der Waals surface area contributed by atoms with Gasteiger partial charge >= 0.3 is 0 Å². The number of nitrogens with one attached hydrogen (secondary N) is 1. The summed E-state index contributed by atoms with van der Waals surface area (Å²) in [5.41, 5.74) is 0.130. The summed E-state index contributed by atoms with van der Waals surface area (Å²) < 4.78 is 5.66. The van der Waals surface area contributed by atoms with Crippen LogP contribution in [0.5, 0.6) is 0 Å². The molecule has 0 atom stereocenters. The van der Waals surface area contributed by atoms with E-state index in [1.165, 1.54) is 0 Å². The third-order valence-electron chi connectivity index (χ3n) is 2.68. The minimum atomic E-state index is 0.130. The fourth-order valence-corrected chi connectivity index (χ4v) is 1.02. The van der Waals surface area contributed by atoms with Gasteiger partial charge in [-0.1, -0.05) is 13.8 Å². The maximum absolute atomic E-state index is 5.66. The van der Waals surface area contributed by atoms with Crippen LogP contribution >= 0.6 is 0 Å². The van der Waals surface area contributed by atoms with Crippen LogP contribution in [0.15, 0.2) is 0 Å². The van der Waals surface area contributed by atoms with Crippen LogP contribution in [-0.4, -0.2) is 50.3 Å². The largest absolute Gasteiger partial charge is 0.379 e. The van der Waals surface area contributed by atoms with E-state index < -0.39 is 0 Å². The van der Waals surface area contributed by atoms with Crippen LogP contribution in [0.25, 0.3) is 0 Å². The van der Waals surface area contributed by atoms with Crippen molar-refractivity contribution >= 4 is 0 Å². The maximum Gasteiger partial charge on any atom is 0.0644 e. The van der Waals surface area contributed by atoms with Crippen LogP contribution in [0.4, 0.5) is 0 Å². The number of hydrogen-bond donors (Lipinski definition) is 1. The molecule has 15 heavy (non-hydrogen) atoms. The van der Waals surface area contributed by atoms with Gasteiger partial charge in [0.2, 0.25) is 0 Å². The van der Waals surface area contributed by atoms with E-state index in [0.717, 1.165) is 26.2 Å². The van der Waals surface area contributed by atoms with Gasteiger partial charge in [-0.05, 0) is 40.9 Å². The Kier molecular flexibility index (Phi) is 7.14. The van der Waals surface area contributed by atoms with Crippen LogP contribution < -0.4 is 5.32 Å². The fourth-order valence-electron chi connectivity index (χ4n) is 1.02. The van der Waals surface area contributed by atoms with Gasteiger partial charge in [0.1, 0.15) is 0 Å². The zero-order valence-electron chi connectivity index (χ0n) is 11.3. The third-order valence-corrected chi connectivity index (χ3v) is 2.68. The first-order chi connectivity index (χ1) is 6.86. The molecular weight excluding hydrogens is 188 g/mol. The van der Waals surface area contributed by atoms with Gasteiger partial charge in [-0.25, -0.2) is 0 Å². The van der Waals surface area contributed by atoms with Crippen LogP contribution in [0.3, 0.4) is 0 Å². The van der Waals surface area contributed by atoms with E-state index in [1.54, 1.807) is 0 Å². The Hall–Kier alpha value is -0.120. The quantitative estimate of drug-likeness (QED) is 0.625. The number of ether oxygens (including phenoxy) is 1. The van der Waals surface area contributed by atoms with E-state index >= 15 is 0 Å². The maximum atomic E-state index is 5.66. The Morgan fingerprint density at radius 1 is 1.27 bits per heavy atom. The van der Waals surface area contributed by atoms with Crippen molar-refractivity contribution in [1.82, 2.24) is 10.2 Å². The zero-order chi connectivity index (χ0) is 11.9. The number of nitrogens with zero attached hydrogens (tertiary/aromatic N) is 1. The number of rotatable bonds is 8. The standard InChI is InChI=1S/C12H28N2O/c1-11(2)13-8-7-9-15-10-12(3,4)14(5)6/h11,13H,7-10H2,1-6H3. The first kappa shape index (κ1) is 14.9. The molecule has 0 amide bonds. The van der Waals surface area contributed by atoms with Gasteiger partial charge in [-0.3, -0.25) is 0 Å². The lowest BCUT2D eigenvalue weighted by molar-refractivity contribution is 0.0352. The van der Waals surface area contributed by atoms with Crippen molar-refractivity contribution in [2.24, 2.45) is 0 Å². The lowest BCUT2D eigenvalue weighted by Gasteiger charge is -2.32. The van der Waals surface area contributed by atoms with Gasteiger partial charge in [0.25, 0.3) is 0 Å². The topological polar surface area (TPSA) is 24.5 Å². The number of likely N-dealkylation sites (N-methyl/N-ethyl adjacent to an activating group) is 1. The molecule has 0 saturated heterocycles. The summed E-state index contributed by atoms with van der Waals surface area (Å²) in [4.78, 5) is 2.19. The van der Waals surface area contributed by atoms with Gasteiger partial charge in [0, 0.05) is 18.2 Å². The Morgan fingerprint density at radius 3 is 2.33 bits per heavy atom. The van der Waals surface area contributed by atoms with Crippen molar-refractivity contribution in [1.29, 1.82) is 0 Å². The van der Waals surface area contributed by atoms with Gasteiger partial charge < -0.3 is 15.0 Å². The van der Waals surface area contributed by atoms with Gasteiger partial charge in [0.05, 0.1) is 6.61 Å². The molecule has 0 aliphatic carbocycles. The molecule has 0 aliphatic rings. The smallest absolute Gasteiger partial charge is 0.0644 e. The third kappa shape index (κ3) is 7.77. The normalized spacial score (nSPS) is 12.8. The minimum absolute atomic E-state index is 0.130. The molecule has 0 unspecified atom stereocenters. The van der Waals surface area contributed by atoms with Crippen molar-refractivity contribution < 1.29 is 4.74 Å². The predicted molar refractivity (Wildman–Crippen MR) is 66.3 cm³/mol. The van der Waals surface area contributed by atoms with Crippen molar-refractivity contribution in [2.75, 3.05) is 33.9 Å². The molecule has 0 aliphatic heterocycles. The van der Waals surface area contributed by atoms with Crippen molar-refractivity contribution in [3.63, 3.8) is 0 Å². The highest BCUT2D eigenvalue weighted by molar-refractivity contribution is 4.75. The SMILES string of the molecule is CC(C)NCCCOCC(C)(C)N(C)C. The summed E-state index contributed by atoms with van der Waals surface area (Å²) in [5.74, 6) is 0. The Morgan fingerprint density at radius 2 is 1.87 bits per heavy atom. The molecule has 3 heteroatoms. The van der Waals surface area contributed by atoms with E-state index in [9.17, 15) is 0 Å². The van der Waals surface area contributed by atoms with E-state index in [0.29, 0.717) is 6.04 Å². The van der Waals surface area contributed by atoms with Gasteiger partial charge in [-0.15, -0.1) is 0 Å². The molecule has 0 aromatic rings. The molecule has 0 rings (SSSR count). The zero-order valence-corrected chi connectivity index (χ0v) is 11.3. The molecule has 0 aromatic heterocycles. The second-order valence-corrected chi connectivity index (χ2v) is 5.22. The molecule has 0 aromatic carbocycles. The summed E-state index contributed by atoms with van der Waals surface area (Å²) in [7, 11) is 4.17. The molecule has 0 fully saturated rings. The van der Waals surface area contributed by atoms with E-state index in [2.05, 4.69) is 52.0 Å². The second-order valence-electron chi connectivity index (χ2n) is 5.22. The molecular formula is C12H28N2O. The van der Waals surface area contributed by atoms with E-state index in [-0.39, 0.29) is 5.54 Å². The first-order valence-corrected chi connectivity index (χ1v) is 5.85. The average molecular weight is 216 g/mol. The monoisotopic (exact) mass is 216 g/mol. The molecule has 3 nitrogen and oxygen atoms in total. The molecule has 92 valence electrons. The summed E-state index contributed by atoms with van der Waals surface area (Å²) >= 11 is 0. The van der Waals surface area contributed by atoms with Crippen molar-refractivity contribution in [2.45, 2.75) is 45.7 Å². The second kappa shape index (κ2) is 7.20. The number of hydrogen-bond acceptors (Lipinski definition) is 3. The fraction of sp³-hybridized carbons (Fsp3) is 1.00. The minimum Gasteiger partial charge on any atom is -0.379 e. The van der Waals surface area contributed by atoms with E-state index in [4.69, 9.17) is 4.74 Å².